The van der Waals surface area contributed by atoms with Crippen molar-refractivity contribution in [1.29, 1.82) is 0 Å². The van der Waals surface area contributed by atoms with Gasteiger partial charge in [0.1, 0.15) is 12.4 Å². The summed E-state index contributed by atoms with van der Waals surface area (Å²) < 4.78 is 5.71. The fraction of sp³-hybridized carbons (Fsp3) is 0.333. The van der Waals surface area contributed by atoms with Gasteiger partial charge in [0.05, 0.1) is 6.54 Å². The molecule has 0 aromatic heterocycles. The van der Waals surface area contributed by atoms with Crippen LogP contribution in [-0.2, 0) is 9.59 Å². The molecule has 138 valence electrons. The fourth-order valence-corrected chi connectivity index (χ4v) is 2.56. The molecule has 0 heterocycles. The van der Waals surface area contributed by atoms with Crippen LogP contribution < -0.4 is 15.4 Å². The summed E-state index contributed by atoms with van der Waals surface area (Å²) in [5.74, 6) is -0.131. The number of nitrogens with one attached hydrogen (secondary N) is 2. The molecule has 0 atom stereocenters. The van der Waals surface area contributed by atoms with Crippen molar-refractivity contribution in [2.45, 2.75) is 33.6 Å². The van der Waals surface area contributed by atoms with Crippen molar-refractivity contribution in [2.75, 3.05) is 18.5 Å². The minimum Gasteiger partial charge on any atom is -0.491 e. The first kappa shape index (κ1) is 19.5. The van der Waals surface area contributed by atoms with E-state index in [0.717, 1.165) is 16.9 Å². The van der Waals surface area contributed by atoms with Crippen molar-refractivity contribution >= 4 is 17.5 Å². The molecular weight excluding hydrogens is 328 g/mol. The Balaban J connectivity index is 1.77. The summed E-state index contributed by atoms with van der Waals surface area (Å²) >= 11 is 0. The van der Waals surface area contributed by atoms with Gasteiger partial charge in [-0.3, -0.25) is 9.59 Å². The van der Waals surface area contributed by atoms with Crippen LogP contribution in [0.2, 0.25) is 0 Å². The summed E-state index contributed by atoms with van der Waals surface area (Å²) in [4.78, 5) is 23.8. The molecule has 0 bridgehead atoms. The number of anilines is 1. The third kappa shape index (κ3) is 5.34. The Morgan fingerprint density at radius 1 is 0.962 bits per heavy atom. The summed E-state index contributed by atoms with van der Waals surface area (Å²) in [5.41, 5.74) is 3.86. The topological polar surface area (TPSA) is 67.4 Å². The van der Waals surface area contributed by atoms with Crippen molar-refractivity contribution in [3.63, 3.8) is 0 Å². The summed E-state index contributed by atoms with van der Waals surface area (Å²) in [6, 6.07) is 13.4. The van der Waals surface area contributed by atoms with E-state index in [1.165, 1.54) is 5.56 Å². The van der Waals surface area contributed by atoms with Gasteiger partial charge in [-0.05, 0) is 48.6 Å². The SMILES string of the molecule is Cc1cccc(C)c1OCCNC(=O)C(=O)Nc1ccc(C(C)C)cc1. The normalized spacial score (nSPS) is 10.5. The minimum atomic E-state index is -0.686. The third-order valence-electron chi connectivity index (χ3n) is 4.08. The molecule has 0 saturated heterocycles. The van der Waals surface area contributed by atoms with Crippen LogP contribution in [0.5, 0.6) is 5.75 Å². The van der Waals surface area contributed by atoms with Gasteiger partial charge < -0.3 is 15.4 Å². The first-order valence-corrected chi connectivity index (χ1v) is 8.76. The predicted octanol–water partition coefficient (Wildman–Crippen LogP) is 3.56. The van der Waals surface area contributed by atoms with Crippen molar-refractivity contribution in [3.8, 4) is 5.75 Å². The highest BCUT2D eigenvalue weighted by Gasteiger charge is 2.13. The smallest absolute Gasteiger partial charge is 0.313 e. The van der Waals surface area contributed by atoms with E-state index >= 15 is 0 Å². The molecule has 2 amide bonds. The van der Waals surface area contributed by atoms with Gasteiger partial charge in [-0.25, -0.2) is 0 Å². The maximum Gasteiger partial charge on any atom is 0.313 e. The second-order valence-corrected chi connectivity index (χ2v) is 6.56. The molecule has 5 nitrogen and oxygen atoms in total. The van der Waals surface area contributed by atoms with E-state index < -0.39 is 11.8 Å². The van der Waals surface area contributed by atoms with Gasteiger partial charge in [0, 0.05) is 5.69 Å². The average Bonchev–Trinajstić information content (AvgIpc) is 2.60. The Morgan fingerprint density at radius 2 is 1.58 bits per heavy atom. The Morgan fingerprint density at radius 3 is 2.15 bits per heavy atom. The molecule has 0 radical (unpaired) electrons. The lowest BCUT2D eigenvalue weighted by Gasteiger charge is -2.12. The van der Waals surface area contributed by atoms with Crippen molar-refractivity contribution < 1.29 is 14.3 Å². The number of aryl methyl sites for hydroxylation is 2. The number of hydrogen-bond donors (Lipinski definition) is 2. The molecule has 0 aliphatic carbocycles. The van der Waals surface area contributed by atoms with E-state index in [1.54, 1.807) is 12.1 Å². The Bertz CT molecular complexity index is 747. The van der Waals surface area contributed by atoms with Gasteiger partial charge in [0.15, 0.2) is 0 Å². The van der Waals surface area contributed by atoms with Crippen LogP contribution >= 0.6 is 0 Å². The van der Waals surface area contributed by atoms with Crippen LogP contribution in [0.4, 0.5) is 5.69 Å². The highest BCUT2D eigenvalue weighted by Crippen LogP contribution is 2.22. The van der Waals surface area contributed by atoms with Gasteiger partial charge in [0.25, 0.3) is 0 Å². The van der Waals surface area contributed by atoms with E-state index in [1.807, 2.05) is 44.2 Å². The van der Waals surface area contributed by atoms with Crippen molar-refractivity contribution in [1.82, 2.24) is 5.32 Å². The van der Waals surface area contributed by atoms with E-state index in [2.05, 4.69) is 24.5 Å². The number of carbonyl (C=O) groups excluding carboxylic acids is 2. The second-order valence-electron chi connectivity index (χ2n) is 6.56. The molecule has 2 aromatic carbocycles. The lowest BCUT2D eigenvalue weighted by Crippen LogP contribution is -2.37. The summed E-state index contributed by atoms with van der Waals surface area (Å²) in [7, 11) is 0. The molecule has 0 saturated carbocycles. The molecule has 0 unspecified atom stereocenters. The van der Waals surface area contributed by atoms with E-state index in [9.17, 15) is 9.59 Å². The number of hydrogen-bond acceptors (Lipinski definition) is 3. The molecule has 2 rings (SSSR count). The van der Waals surface area contributed by atoms with Gasteiger partial charge in [-0.15, -0.1) is 0 Å². The zero-order valence-corrected chi connectivity index (χ0v) is 15.8. The predicted molar refractivity (Wildman–Crippen MR) is 104 cm³/mol. The molecule has 5 heteroatoms. The number of para-hydroxylation sites is 1. The van der Waals surface area contributed by atoms with E-state index in [0.29, 0.717) is 18.2 Å². The maximum absolute atomic E-state index is 11.9. The fourth-order valence-electron chi connectivity index (χ4n) is 2.56. The lowest BCUT2D eigenvalue weighted by atomic mass is 10.0. The Hall–Kier alpha value is -2.82. The van der Waals surface area contributed by atoms with Crippen LogP contribution in [0, 0.1) is 13.8 Å². The van der Waals surface area contributed by atoms with E-state index in [-0.39, 0.29) is 6.54 Å². The summed E-state index contributed by atoms with van der Waals surface area (Å²) in [5, 5.41) is 5.16. The molecule has 0 aliphatic heterocycles. The number of benzene rings is 2. The number of rotatable bonds is 6. The van der Waals surface area contributed by atoms with Crippen molar-refractivity contribution in [3.05, 3.63) is 59.2 Å². The molecule has 0 spiro atoms. The largest absolute Gasteiger partial charge is 0.491 e. The lowest BCUT2D eigenvalue weighted by molar-refractivity contribution is -0.136. The van der Waals surface area contributed by atoms with Gasteiger partial charge in [-0.2, -0.15) is 0 Å². The molecule has 0 aliphatic rings. The van der Waals surface area contributed by atoms with Crippen LogP contribution in [0.1, 0.15) is 36.5 Å². The van der Waals surface area contributed by atoms with E-state index in [4.69, 9.17) is 4.74 Å². The van der Waals surface area contributed by atoms with Crippen molar-refractivity contribution in [2.24, 2.45) is 0 Å². The van der Waals surface area contributed by atoms with Crippen LogP contribution in [-0.4, -0.2) is 25.0 Å². The number of carbonyl (C=O) groups is 2. The minimum absolute atomic E-state index is 0.256. The Kier molecular flexibility index (Phi) is 6.78. The summed E-state index contributed by atoms with van der Waals surface area (Å²) in [6.07, 6.45) is 0. The van der Waals surface area contributed by atoms with Crippen LogP contribution in [0.25, 0.3) is 0 Å². The zero-order valence-electron chi connectivity index (χ0n) is 15.8. The zero-order chi connectivity index (χ0) is 19.1. The molecule has 26 heavy (non-hydrogen) atoms. The first-order valence-electron chi connectivity index (χ1n) is 8.76. The average molecular weight is 354 g/mol. The first-order chi connectivity index (χ1) is 12.4. The van der Waals surface area contributed by atoms with Gasteiger partial charge in [-0.1, -0.05) is 44.2 Å². The third-order valence-corrected chi connectivity index (χ3v) is 4.08. The molecule has 2 aromatic rings. The quantitative estimate of drug-likeness (QED) is 0.616. The highest BCUT2D eigenvalue weighted by atomic mass is 16.5. The molecule has 2 N–H and O–H groups in total. The van der Waals surface area contributed by atoms with Crippen LogP contribution in [0.15, 0.2) is 42.5 Å². The second kappa shape index (κ2) is 9.04. The monoisotopic (exact) mass is 354 g/mol. The van der Waals surface area contributed by atoms with Gasteiger partial charge in [0.2, 0.25) is 0 Å². The Labute approximate surface area is 154 Å². The van der Waals surface area contributed by atoms with Crippen LogP contribution in [0.3, 0.4) is 0 Å². The maximum atomic E-state index is 11.9. The molecule has 0 fully saturated rings. The summed E-state index contributed by atoms with van der Waals surface area (Å²) in [6.45, 7) is 8.70. The number of amides is 2. The molecular formula is C21H26N2O3. The standard InChI is InChI=1S/C21H26N2O3/c1-14(2)17-8-10-18(11-9-17)23-21(25)20(24)22-12-13-26-19-15(3)6-5-7-16(19)4/h5-11,14H,12-13H2,1-4H3,(H,22,24)(H,23,25). The highest BCUT2D eigenvalue weighted by molar-refractivity contribution is 6.39. The van der Waals surface area contributed by atoms with Gasteiger partial charge >= 0.3 is 11.8 Å². The number of ether oxygens (including phenoxy) is 1.